The molecule has 65 heavy (non-hydrogen) atoms. The molecular formula is C62H43NOSi. The van der Waals surface area contributed by atoms with Gasteiger partial charge in [-0.05, 0) is 102 Å². The Bertz CT molecular complexity index is 3540. The summed E-state index contributed by atoms with van der Waals surface area (Å²) in [7, 11) is -2.84. The molecule has 306 valence electrons. The molecule has 0 aliphatic rings. The summed E-state index contributed by atoms with van der Waals surface area (Å²) >= 11 is 0. The Balaban J connectivity index is 1.07. The van der Waals surface area contributed by atoms with Crippen LogP contribution >= 0.6 is 0 Å². The van der Waals surface area contributed by atoms with Gasteiger partial charge in [-0.3, -0.25) is 0 Å². The maximum atomic E-state index is 7.07. The monoisotopic (exact) mass is 845 g/mol. The topological polar surface area (TPSA) is 16.4 Å². The van der Waals surface area contributed by atoms with Crippen LogP contribution in [0.2, 0.25) is 0 Å². The fourth-order valence-electron chi connectivity index (χ4n) is 10.2. The van der Waals surface area contributed by atoms with E-state index in [9.17, 15) is 0 Å². The lowest BCUT2D eigenvalue weighted by atomic mass is 9.95. The van der Waals surface area contributed by atoms with Gasteiger partial charge in [-0.25, -0.2) is 0 Å². The van der Waals surface area contributed by atoms with Crippen LogP contribution in [-0.4, -0.2) is 8.07 Å². The lowest BCUT2D eigenvalue weighted by Gasteiger charge is -2.35. The predicted octanol–water partition coefficient (Wildman–Crippen LogP) is 14.1. The van der Waals surface area contributed by atoms with Crippen LogP contribution in [0.5, 0.6) is 0 Å². The second-order valence-electron chi connectivity index (χ2n) is 16.8. The van der Waals surface area contributed by atoms with Crippen molar-refractivity contribution in [1.29, 1.82) is 0 Å². The Labute approximate surface area is 379 Å². The van der Waals surface area contributed by atoms with Crippen molar-refractivity contribution >= 4 is 89.4 Å². The van der Waals surface area contributed by atoms with Crippen LogP contribution < -0.4 is 25.6 Å². The van der Waals surface area contributed by atoms with Gasteiger partial charge in [0.25, 0.3) is 0 Å². The third-order valence-corrected chi connectivity index (χ3v) is 18.0. The number of benzene rings is 11. The van der Waals surface area contributed by atoms with E-state index < -0.39 is 8.07 Å². The van der Waals surface area contributed by atoms with Gasteiger partial charge in [0, 0.05) is 27.5 Å². The van der Waals surface area contributed by atoms with E-state index in [1.54, 1.807) is 0 Å². The van der Waals surface area contributed by atoms with E-state index in [1.165, 1.54) is 48.2 Å². The Morgan fingerprint density at radius 3 is 1.52 bits per heavy atom. The minimum atomic E-state index is -2.84. The van der Waals surface area contributed by atoms with Gasteiger partial charge in [-0.15, -0.1) is 0 Å². The zero-order valence-electron chi connectivity index (χ0n) is 35.7. The molecule has 0 N–H and O–H groups in total. The van der Waals surface area contributed by atoms with Gasteiger partial charge in [-0.2, -0.15) is 0 Å². The van der Waals surface area contributed by atoms with Gasteiger partial charge in [0.2, 0.25) is 0 Å². The average Bonchev–Trinajstić information content (AvgIpc) is 3.78. The number of hydrogen-bond acceptors (Lipinski definition) is 2. The van der Waals surface area contributed by atoms with Crippen molar-refractivity contribution in [3.63, 3.8) is 0 Å². The van der Waals surface area contributed by atoms with E-state index in [4.69, 9.17) is 4.42 Å². The molecular weight excluding hydrogens is 803 g/mol. The SMILES string of the molecule is c1ccc(-c2cccc3ccc(-c4ccc(N(c5cccc([Si](c6ccccc6)(c6ccccc6)c6ccccc6)c5)c5cccc6c5oc5c7ccccc7ccc65)cc4)cc23)cc1. The summed E-state index contributed by atoms with van der Waals surface area (Å²) in [6, 6.07) is 95.3. The minimum Gasteiger partial charge on any atom is -0.453 e. The van der Waals surface area contributed by atoms with Crippen molar-refractivity contribution in [1.82, 2.24) is 0 Å². The fourth-order valence-corrected chi connectivity index (χ4v) is 15.0. The second-order valence-corrected chi connectivity index (χ2v) is 20.6. The molecule has 0 amide bonds. The standard InChI is InChI=1S/C62H43NOSi/c1-5-18-45(19-6-1)55-31-15-21-47-34-35-48(42-59(47)55)44-36-39-49(40-37-44)63(60-33-17-32-57-58-41-38-46-20-13-14-30-56(46)61(58)64-62(57)60)50-22-16-29-54(43-50)65(51-23-7-2-8-24-51,52-25-9-3-10-26-52)53-27-11-4-12-28-53/h1-43H. The number of furan rings is 1. The molecule has 3 heteroatoms. The average molecular weight is 846 g/mol. The molecule has 2 nitrogen and oxygen atoms in total. The van der Waals surface area contributed by atoms with Gasteiger partial charge in [0.15, 0.2) is 13.7 Å². The van der Waals surface area contributed by atoms with E-state index in [2.05, 4.69) is 266 Å². The van der Waals surface area contributed by atoms with E-state index >= 15 is 0 Å². The maximum Gasteiger partial charge on any atom is 0.179 e. The molecule has 0 saturated carbocycles. The number of fused-ring (bicyclic) bond motifs is 6. The van der Waals surface area contributed by atoms with Crippen molar-refractivity contribution in [2.75, 3.05) is 4.90 Å². The molecule has 1 heterocycles. The van der Waals surface area contributed by atoms with Gasteiger partial charge >= 0.3 is 0 Å². The van der Waals surface area contributed by atoms with Gasteiger partial charge in [0.1, 0.15) is 5.58 Å². The summed E-state index contributed by atoms with van der Waals surface area (Å²) in [5, 5.41) is 12.2. The van der Waals surface area contributed by atoms with Crippen LogP contribution in [-0.2, 0) is 0 Å². The van der Waals surface area contributed by atoms with Crippen molar-refractivity contribution in [2.24, 2.45) is 0 Å². The molecule has 1 aromatic heterocycles. The summed E-state index contributed by atoms with van der Waals surface area (Å²) in [4.78, 5) is 2.40. The summed E-state index contributed by atoms with van der Waals surface area (Å²) in [6.07, 6.45) is 0. The molecule has 0 bridgehead atoms. The van der Waals surface area contributed by atoms with E-state index in [0.717, 1.165) is 55.3 Å². The number of nitrogens with zero attached hydrogens (tertiary/aromatic N) is 1. The largest absolute Gasteiger partial charge is 0.453 e. The Kier molecular flexibility index (Phi) is 9.55. The van der Waals surface area contributed by atoms with Crippen LogP contribution in [0, 0.1) is 0 Å². The first kappa shape index (κ1) is 38.4. The highest BCUT2D eigenvalue weighted by molar-refractivity contribution is 7.19. The highest BCUT2D eigenvalue weighted by atomic mass is 28.3. The molecule has 0 unspecified atom stereocenters. The zero-order valence-corrected chi connectivity index (χ0v) is 36.7. The normalized spacial score (nSPS) is 11.7. The summed E-state index contributed by atoms with van der Waals surface area (Å²) in [6.45, 7) is 0. The Morgan fingerprint density at radius 1 is 0.292 bits per heavy atom. The van der Waals surface area contributed by atoms with Crippen LogP contribution in [0.25, 0.3) is 65.7 Å². The highest BCUT2D eigenvalue weighted by Gasteiger charge is 2.41. The van der Waals surface area contributed by atoms with Gasteiger partial charge < -0.3 is 9.32 Å². The van der Waals surface area contributed by atoms with Crippen molar-refractivity contribution < 1.29 is 4.42 Å². The van der Waals surface area contributed by atoms with Crippen LogP contribution in [0.15, 0.2) is 265 Å². The van der Waals surface area contributed by atoms with Crippen molar-refractivity contribution in [3.8, 4) is 22.3 Å². The first-order valence-electron chi connectivity index (χ1n) is 22.3. The molecule has 0 saturated heterocycles. The first-order valence-corrected chi connectivity index (χ1v) is 24.3. The molecule has 0 aliphatic carbocycles. The predicted molar refractivity (Wildman–Crippen MR) is 278 cm³/mol. The molecule has 12 rings (SSSR count). The molecule has 0 spiro atoms. The zero-order chi connectivity index (χ0) is 43.2. The van der Waals surface area contributed by atoms with Gasteiger partial charge in [0.05, 0.1) is 5.69 Å². The quantitative estimate of drug-likeness (QED) is 0.106. The fraction of sp³-hybridized carbons (Fsp3) is 0. The number of rotatable bonds is 9. The second kappa shape index (κ2) is 16.1. The van der Waals surface area contributed by atoms with Crippen LogP contribution in [0.1, 0.15) is 0 Å². The van der Waals surface area contributed by atoms with Crippen LogP contribution in [0.3, 0.4) is 0 Å². The lowest BCUT2D eigenvalue weighted by molar-refractivity contribution is 0.673. The molecule has 0 atom stereocenters. The van der Waals surface area contributed by atoms with Crippen molar-refractivity contribution in [2.45, 2.75) is 0 Å². The van der Waals surface area contributed by atoms with E-state index in [-0.39, 0.29) is 0 Å². The third-order valence-electron chi connectivity index (χ3n) is 13.2. The van der Waals surface area contributed by atoms with E-state index in [0.29, 0.717) is 0 Å². The molecule has 0 fully saturated rings. The summed E-state index contributed by atoms with van der Waals surface area (Å²) in [5.41, 5.74) is 9.64. The van der Waals surface area contributed by atoms with Gasteiger partial charge in [-0.1, -0.05) is 218 Å². The smallest absolute Gasteiger partial charge is 0.179 e. The highest BCUT2D eigenvalue weighted by Crippen LogP contribution is 2.44. The first-order chi connectivity index (χ1) is 32.2. The summed E-state index contributed by atoms with van der Waals surface area (Å²) < 4.78 is 7.07. The number of para-hydroxylation sites is 1. The minimum absolute atomic E-state index is 0.856. The Hall–Kier alpha value is -8.24. The summed E-state index contributed by atoms with van der Waals surface area (Å²) in [5.74, 6) is 0. The van der Waals surface area contributed by atoms with Crippen LogP contribution in [0.4, 0.5) is 17.1 Å². The number of anilines is 3. The molecule has 0 aliphatic heterocycles. The van der Waals surface area contributed by atoms with Crippen molar-refractivity contribution in [3.05, 3.63) is 261 Å². The third kappa shape index (κ3) is 6.56. The maximum absolute atomic E-state index is 7.07. The molecule has 12 aromatic rings. The molecule has 0 radical (unpaired) electrons. The Morgan fingerprint density at radius 2 is 0.815 bits per heavy atom. The number of hydrogen-bond donors (Lipinski definition) is 0. The molecule has 11 aromatic carbocycles. The van der Waals surface area contributed by atoms with E-state index in [1.807, 2.05) is 0 Å². The lowest BCUT2D eigenvalue weighted by Crippen LogP contribution is -2.74.